The van der Waals surface area contributed by atoms with Crippen molar-refractivity contribution in [2.24, 2.45) is 0 Å². The summed E-state index contributed by atoms with van der Waals surface area (Å²) in [4.78, 5) is 9.10. The van der Waals surface area contributed by atoms with Gasteiger partial charge in [0.25, 0.3) is 0 Å². The molecule has 3 heteroatoms. The van der Waals surface area contributed by atoms with Crippen LogP contribution in [0.1, 0.15) is 11.4 Å². The number of aromatic nitrogens is 2. The zero-order valence-corrected chi connectivity index (χ0v) is 13.2. The Morgan fingerprint density at radius 3 is 2.39 bits per heavy atom. The topological polar surface area (TPSA) is 37.8 Å². The monoisotopic (exact) mass is 299 g/mol. The lowest BCUT2D eigenvalue weighted by Gasteiger charge is -2.13. The Morgan fingerprint density at radius 2 is 1.48 bits per heavy atom. The molecule has 0 unspecified atom stereocenters. The number of anilines is 2. The quantitative estimate of drug-likeness (QED) is 0.556. The summed E-state index contributed by atoms with van der Waals surface area (Å²) in [6, 6.07) is 20.9. The molecule has 0 aliphatic carbocycles. The van der Waals surface area contributed by atoms with Crippen molar-refractivity contribution in [2.75, 3.05) is 5.32 Å². The number of rotatable bonds is 2. The third-order valence-electron chi connectivity index (χ3n) is 4.00. The average molecular weight is 299 g/mol. The number of nitrogens with one attached hydrogen (secondary N) is 1. The minimum absolute atomic E-state index is 0.785. The van der Waals surface area contributed by atoms with E-state index in [4.69, 9.17) is 0 Å². The van der Waals surface area contributed by atoms with Gasteiger partial charge in [0.1, 0.15) is 0 Å². The fourth-order valence-electron chi connectivity index (χ4n) is 2.91. The normalized spacial score (nSPS) is 11.0. The summed E-state index contributed by atoms with van der Waals surface area (Å²) < 4.78 is 0. The van der Waals surface area contributed by atoms with Crippen LogP contribution < -0.4 is 5.32 Å². The van der Waals surface area contributed by atoms with Gasteiger partial charge in [0.05, 0.1) is 5.69 Å². The highest BCUT2D eigenvalue weighted by atomic mass is 14.9. The first-order valence-corrected chi connectivity index (χ1v) is 7.70. The first kappa shape index (κ1) is 13.7. The number of hydrogen-bond donors (Lipinski definition) is 1. The molecular formula is C20H17N3. The first-order chi connectivity index (χ1) is 11.2. The molecule has 0 saturated heterocycles. The van der Waals surface area contributed by atoms with Gasteiger partial charge in [-0.15, -0.1) is 0 Å². The molecule has 4 aromatic rings. The van der Waals surface area contributed by atoms with E-state index in [1.165, 1.54) is 10.8 Å². The van der Waals surface area contributed by atoms with Gasteiger partial charge in [-0.3, -0.25) is 0 Å². The number of nitrogens with zero attached hydrogens (tertiary/aromatic N) is 2. The largest absolute Gasteiger partial charge is 0.354 e. The third kappa shape index (κ3) is 2.50. The highest BCUT2D eigenvalue weighted by Gasteiger charge is 2.07. The summed E-state index contributed by atoms with van der Waals surface area (Å²) in [5.74, 6) is 0. The van der Waals surface area contributed by atoms with E-state index >= 15 is 0 Å². The van der Waals surface area contributed by atoms with E-state index in [1.54, 1.807) is 0 Å². The van der Waals surface area contributed by atoms with Gasteiger partial charge in [-0.05, 0) is 43.5 Å². The number of hydrogen-bond acceptors (Lipinski definition) is 3. The molecule has 2 heterocycles. The second kappa shape index (κ2) is 5.36. The van der Waals surface area contributed by atoms with Crippen LogP contribution in [0.3, 0.4) is 0 Å². The molecule has 0 aliphatic heterocycles. The van der Waals surface area contributed by atoms with Gasteiger partial charge in [0.15, 0.2) is 5.65 Å². The molecule has 23 heavy (non-hydrogen) atoms. The second-order valence-electron chi connectivity index (χ2n) is 5.79. The number of aryl methyl sites for hydroxylation is 2. The molecule has 0 saturated carbocycles. The molecule has 1 N–H and O–H groups in total. The van der Waals surface area contributed by atoms with Crippen molar-refractivity contribution in [1.82, 2.24) is 9.97 Å². The second-order valence-corrected chi connectivity index (χ2v) is 5.79. The van der Waals surface area contributed by atoms with Crippen molar-refractivity contribution in [3.8, 4) is 0 Å². The predicted molar refractivity (Wildman–Crippen MR) is 96.2 cm³/mol. The Morgan fingerprint density at radius 1 is 0.696 bits per heavy atom. The van der Waals surface area contributed by atoms with Crippen molar-refractivity contribution >= 4 is 33.2 Å². The maximum absolute atomic E-state index is 4.55. The van der Waals surface area contributed by atoms with Gasteiger partial charge >= 0.3 is 0 Å². The molecule has 2 aromatic carbocycles. The predicted octanol–water partition coefficient (Wildman–Crippen LogP) is 5.14. The number of pyridine rings is 2. The average Bonchev–Trinajstić information content (AvgIpc) is 2.54. The molecule has 0 fully saturated rings. The lowest BCUT2D eigenvalue weighted by molar-refractivity contribution is 1.16. The minimum atomic E-state index is 0.785. The van der Waals surface area contributed by atoms with Crippen molar-refractivity contribution < 1.29 is 0 Å². The smallest absolute Gasteiger partial charge is 0.161 e. The van der Waals surface area contributed by atoms with Crippen LogP contribution in [-0.4, -0.2) is 9.97 Å². The summed E-state index contributed by atoms with van der Waals surface area (Å²) in [5, 5.41) is 7.04. The molecule has 4 rings (SSSR count). The highest BCUT2D eigenvalue weighted by molar-refractivity contribution is 5.99. The van der Waals surface area contributed by atoms with E-state index in [9.17, 15) is 0 Å². The Bertz CT molecular complexity index is 1010. The molecular weight excluding hydrogens is 282 g/mol. The lowest BCUT2D eigenvalue weighted by Crippen LogP contribution is -1.97. The van der Waals surface area contributed by atoms with E-state index in [2.05, 4.69) is 69.9 Å². The minimum Gasteiger partial charge on any atom is -0.354 e. The van der Waals surface area contributed by atoms with Crippen LogP contribution in [0.4, 0.5) is 11.4 Å². The van der Waals surface area contributed by atoms with E-state index in [1.807, 2.05) is 19.9 Å². The van der Waals surface area contributed by atoms with Crippen LogP contribution in [0.25, 0.3) is 21.8 Å². The summed E-state index contributed by atoms with van der Waals surface area (Å²) in [6.45, 7) is 3.99. The molecule has 0 atom stereocenters. The molecule has 3 nitrogen and oxygen atoms in total. The van der Waals surface area contributed by atoms with Crippen molar-refractivity contribution in [3.05, 3.63) is 72.1 Å². The number of fused-ring (bicyclic) bond motifs is 2. The fourth-order valence-corrected chi connectivity index (χ4v) is 2.91. The first-order valence-electron chi connectivity index (χ1n) is 7.70. The van der Waals surface area contributed by atoms with Gasteiger partial charge in [-0.1, -0.05) is 36.4 Å². The molecule has 0 spiro atoms. The number of benzene rings is 2. The van der Waals surface area contributed by atoms with Gasteiger partial charge in [-0.25, -0.2) is 9.97 Å². The molecule has 0 radical (unpaired) electrons. The van der Waals surface area contributed by atoms with Gasteiger partial charge < -0.3 is 5.32 Å². The van der Waals surface area contributed by atoms with Gasteiger partial charge in [-0.2, -0.15) is 0 Å². The Balaban J connectivity index is 1.89. The maximum Gasteiger partial charge on any atom is 0.161 e. The van der Waals surface area contributed by atoms with Crippen LogP contribution >= 0.6 is 0 Å². The van der Waals surface area contributed by atoms with Crippen LogP contribution in [-0.2, 0) is 0 Å². The van der Waals surface area contributed by atoms with E-state index in [0.29, 0.717) is 0 Å². The Kier molecular flexibility index (Phi) is 3.19. The molecule has 0 aliphatic rings. The Hall–Kier alpha value is -2.94. The van der Waals surface area contributed by atoms with Crippen LogP contribution in [0.5, 0.6) is 0 Å². The van der Waals surface area contributed by atoms with E-state index < -0.39 is 0 Å². The van der Waals surface area contributed by atoms with Crippen molar-refractivity contribution in [2.45, 2.75) is 13.8 Å². The van der Waals surface area contributed by atoms with Crippen LogP contribution in [0.15, 0.2) is 60.7 Å². The standard InChI is InChI=1S/C20H17N3/c1-13-10-11-17-19(12-14(2)22-20(17)21-13)23-18-9-5-7-15-6-3-4-8-16(15)18/h3-12H,1-2H3,(H,21,22,23). The fraction of sp³-hybridized carbons (Fsp3) is 0.100. The van der Waals surface area contributed by atoms with Crippen molar-refractivity contribution in [1.29, 1.82) is 0 Å². The van der Waals surface area contributed by atoms with Gasteiger partial charge in [0, 0.05) is 27.8 Å². The van der Waals surface area contributed by atoms with Crippen molar-refractivity contribution in [3.63, 3.8) is 0 Å². The molecule has 0 amide bonds. The Labute approximate surface area is 135 Å². The van der Waals surface area contributed by atoms with E-state index in [0.717, 1.165) is 33.8 Å². The summed E-state index contributed by atoms with van der Waals surface area (Å²) >= 11 is 0. The lowest BCUT2D eigenvalue weighted by atomic mass is 10.1. The molecule has 2 aromatic heterocycles. The summed E-state index contributed by atoms with van der Waals surface area (Å²) in [6.07, 6.45) is 0. The van der Waals surface area contributed by atoms with Gasteiger partial charge in [0.2, 0.25) is 0 Å². The SMILES string of the molecule is Cc1ccc2c(Nc3cccc4ccccc34)cc(C)nc2n1. The maximum atomic E-state index is 4.55. The third-order valence-corrected chi connectivity index (χ3v) is 4.00. The van der Waals surface area contributed by atoms with Crippen LogP contribution in [0, 0.1) is 13.8 Å². The summed E-state index contributed by atoms with van der Waals surface area (Å²) in [5.41, 5.74) is 4.85. The highest BCUT2D eigenvalue weighted by Crippen LogP contribution is 2.30. The summed E-state index contributed by atoms with van der Waals surface area (Å²) in [7, 11) is 0. The van der Waals surface area contributed by atoms with Crippen LogP contribution in [0.2, 0.25) is 0 Å². The zero-order chi connectivity index (χ0) is 15.8. The van der Waals surface area contributed by atoms with E-state index in [-0.39, 0.29) is 0 Å². The molecule has 112 valence electrons. The zero-order valence-electron chi connectivity index (χ0n) is 13.2. The molecule has 0 bridgehead atoms.